The maximum Gasteiger partial charge on any atom is 0.179 e. The van der Waals surface area contributed by atoms with Gasteiger partial charge in [0.25, 0.3) is 0 Å². The number of carbonyl (C=O) groups is 1. The maximum absolute atomic E-state index is 12.0. The predicted molar refractivity (Wildman–Crippen MR) is 53.3 cm³/mol. The molecule has 1 saturated heterocycles. The standard InChI is InChI=1S/C11H12N2O/c14-10-8-4-1-2-5-9(8)13-7-3-6-12-11(10)13/h1-5,7-9,11-12H,6H2. The zero-order valence-electron chi connectivity index (χ0n) is 7.76. The van der Waals surface area contributed by atoms with Gasteiger partial charge in [-0.3, -0.25) is 10.1 Å². The van der Waals surface area contributed by atoms with Crippen molar-refractivity contribution in [1.82, 2.24) is 10.2 Å². The Kier molecular flexibility index (Phi) is 1.61. The average Bonchev–Trinajstić information content (AvgIpc) is 2.55. The van der Waals surface area contributed by atoms with E-state index in [-0.39, 0.29) is 18.1 Å². The molecule has 3 nitrogen and oxygen atoms in total. The second-order valence-electron chi connectivity index (χ2n) is 3.83. The van der Waals surface area contributed by atoms with Gasteiger partial charge in [0, 0.05) is 6.54 Å². The fraction of sp³-hybridized carbons (Fsp3) is 0.364. The van der Waals surface area contributed by atoms with Gasteiger partial charge in [-0.05, 0) is 6.20 Å². The normalized spacial score (nSPS) is 38.7. The Morgan fingerprint density at radius 3 is 3.14 bits per heavy atom. The highest BCUT2D eigenvalue weighted by Crippen LogP contribution is 2.31. The summed E-state index contributed by atoms with van der Waals surface area (Å²) in [4.78, 5) is 14.1. The van der Waals surface area contributed by atoms with Gasteiger partial charge < -0.3 is 4.90 Å². The summed E-state index contributed by atoms with van der Waals surface area (Å²) >= 11 is 0. The fourth-order valence-corrected chi connectivity index (χ4v) is 2.39. The molecule has 1 N–H and O–H groups in total. The molecule has 14 heavy (non-hydrogen) atoms. The number of hydrogen-bond donors (Lipinski definition) is 1. The molecule has 0 spiro atoms. The Labute approximate surface area is 82.8 Å². The van der Waals surface area contributed by atoms with Gasteiger partial charge in [-0.2, -0.15) is 0 Å². The van der Waals surface area contributed by atoms with Crippen LogP contribution in [0.3, 0.4) is 0 Å². The van der Waals surface area contributed by atoms with Gasteiger partial charge in [0.15, 0.2) is 5.78 Å². The van der Waals surface area contributed by atoms with E-state index in [2.05, 4.69) is 22.4 Å². The van der Waals surface area contributed by atoms with E-state index in [9.17, 15) is 4.79 Å². The van der Waals surface area contributed by atoms with Crippen molar-refractivity contribution >= 4 is 5.78 Å². The molecule has 0 saturated carbocycles. The first-order valence-corrected chi connectivity index (χ1v) is 4.94. The minimum atomic E-state index is -0.109. The van der Waals surface area contributed by atoms with Crippen LogP contribution in [0.5, 0.6) is 0 Å². The fourth-order valence-electron chi connectivity index (χ4n) is 2.39. The lowest BCUT2D eigenvalue weighted by Gasteiger charge is -2.30. The number of Topliss-reactive ketones (excluding diaryl/α,β-unsaturated/α-hetero) is 1. The van der Waals surface area contributed by atoms with E-state index in [0.717, 1.165) is 6.54 Å². The van der Waals surface area contributed by atoms with Crippen LogP contribution >= 0.6 is 0 Å². The van der Waals surface area contributed by atoms with Crippen molar-refractivity contribution in [2.45, 2.75) is 12.2 Å². The first-order chi connectivity index (χ1) is 6.88. The molecule has 3 unspecified atom stereocenters. The van der Waals surface area contributed by atoms with E-state index in [4.69, 9.17) is 0 Å². The van der Waals surface area contributed by atoms with Crippen molar-refractivity contribution in [3.05, 3.63) is 36.6 Å². The van der Waals surface area contributed by atoms with Crippen LogP contribution in [-0.4, -0.2) is 29.4 Å². The summed E-state index contributed by atoms with van der Waals surface area (Å²) < 4.78 is 0. The maximum atomic E-state index is 12.0. The lowest BCUT2D eigenvalue weighted by molar-refractivity contribution is -0.122. The Bertz CT molecular complexity index is 356. The number of carbonyl (C=O) groups excluding carboxylic acids is 1. The van der Waals surface area contributed by atoms with Crippen molar-refractivity contribution in [1.29, 1.82) is 0 Å². The third-order valence-electron chi connectivity index (χ3n) is 3.05. The Balaban J connectivity index is 2.01. The van der Waals surface area contributed by atoms with Crippen LogP contribution in [0.4, 0.5) is 0 Å². The van der Waals surface area contributed by atoms with Gasteiger partial charge in [0.2, 0.25) is 0 Å². The third kappa shape index (κ3) is 0.930. The zero-order chi connectivity index (χ0) is 9.54. The second-order valence-corrected chi connectivity index (χ2v) is 3.83. The highest BCUT2D eigenvalue weighted by atomic mass is 16.1. The molecule has 72 valence electrons. The molecule has 0 amide bonds. The van der Waals surface area contributed by atoms with Gasteiger partial charge in [0.1, 0.15) is 6.17 Å². The Morgan fingerprint density at radius 1 is 1.36 bits per heavy atom. The highest BCUT2D eigenvalue weighted by Gasteiger charge is 2.45. The van der Waals surface area contributed by atoms with E-state index in [1.165, 1.54) is 0 Å². The van der Waals surface area contributed by atoms with Crippen molar-refractivity contribution < 1.29 is 4.79 Å². The molecule has 0 aromatic heterocycles. The van der Waals surface area contributed by atoms with Gasteiger partial charge in [-0.15, -0.1) is 0 Å². The second kappa shape index (κ2) is 2.82. The summed E-state index contributed by atoms with van der Waals surface area (Å²) in [6.07, 6.45) is 12.1. The molecule has 3 heteroatoms. The van der Waals surface area contributed by atoms with Gasteiger partial charge in [-0.1, -0.05) is 30.4 Å². The first-order valence-electron chi connectivity index (χ1n) is 4.94. The summed E-state index contributed by atoms with van der Waals surface area (Å²) in [5.41, 5.74) is 0. The number of fused-ring (bicyclic) bond motifs is 3. The summed E-state index contributed by atoms with van der Waals surface area (Å²) in [5, 5.41) is 3.21. The molecule has 0 radical (unpaired) electrons. The Hall–Kier alpha value is -1.35. The van der Waals surface area contributed by atoms with Crippen molar-refractivity contribution in [3.63, 3.8) is 0 Å². The molecule has 3 atom stereocenters. The number of nitrogens with zero attached hydrogens (tertiary/aromatic N) is 1. The average molecular weight is 188 g/mol. The van der Waals surface area contributed by atoms with Crippen LogP contribution in [0.2, 0.25) is 0 Å². The summed E-state index contributed by atoms with van der Waals surface area (Å²) in [6, 6.07) is 0.224. The van der Waals surface area contributed by atoms with E-state index in [1.54, 1.807) is 0 Å². The molecule has 3 aliphatic rings. The molecule has 0 bridgehead atoms. The van der Waals surface area contributed by atoms with Crippen LogP contribution < -0.4 is 5.32 Å². The zero-order valence-corrected chi connectivity index (χ0v) is 7.76. The molecule has 0 aromatic carbocycles. The van der Waals surface area contributed by atoms with E-state index in [1.807, 2.05) is 24.4 Å². The van der Waals surface area contributed by atoms with E-state index in [0.29, 0.717) is 5.78 Å². The monoisotopic (exact) mass is 188 g/mol. The van der Waals surface area contributed by atoms with Crippen LogP contribution in [0.15, 0.2) is 36.6 Å². The first kappa shape index (κ1) is 8.00. The smallest absolute Gasteiger partial charge is 0.179 e. The molecule has 1 fully saturated rings. The molecule has 2 heterocycles. The number of nitrogens with one attached hydrogen (secondary N) is 1. The Morgan fingerprint density at radius 2 is 2.21 bits per heavy atom. The van der Waals surface area contributed by atoms with Crippen molar-refractivity contribution in [2.24, 2.45) is 5.92 Å². The van der Waals surface area contributed by atoms with Crippen LogP contribution in [0.25, 0.3) is 0 Å². The molecular weight excluding hydrogens is 176 g/mol. The van der Waals surface area contributed by atoms with Crippen molar-refractivity contribution in [2.75, 3.05) is 6.54 Å². The number of hydrogen-bond acceptors (Lipinski definition) is 3. The summed E-state index contributed by atoms with van der Waals surface area (Å²) in [6.45, 7) is 0.791. The number of ketones is 1. The SMILES string of the molecule is O=C1C2C=CC=CC2N2C=CCNC12. The number of rotatable bonds is 0. The van der Waals surface area contributed by atoms with Crippen LogP contribution in [0, 0.1) is 5.92 Å². The minimum absolute atomic E-state index is 0.0419. The molecule has 0 aromatic rings. The van der Waals surface area contributed by atoms with Crippen LogP contribution in [-0.2, 0) is 4.79 Å². The molecule has 3 rings (SSSR count). The summed E-state index contributed by atoms with van der Waals surface area (Å²) in [7, 11) is 0. The number of allylic oxidation sites excluding steroid dienone is 2. The molecular formula is C11H12N2O. The van der Waals surface area contributed by atoms with Gasteiger partial charge in [-0.25, -0.2) is 0 Å². The molecule has 2 aliphatic heterocycles. The third-order valence-corrected chi connectivity index (χ3v) is 3.05. The minimum Gasteiger partial charge on any atom is -0.349 e. The predicted octanol–water partition coefficient (Wildman–Crippen LogP) is 0.425. The molecule has 1 aliphatic carbocycles. The quantitative estimate of drug-likeness (QED) is 0.598. The lowest BCUT2D eigenvalue weighted by atomic mass is 9.95. The largest absolute Gasteiger partial charge is 0.349 e. The highest BCUT2D eigenvalue weighted by molar-refractivity contribution is 5.91. The van der Waals surface area contributed by atoms with E-state index < -0.39 is 0 Å². The van der Waals surface area contributed by atoms with E-state index >= 15 is 0 Å². The van der Waals surface area contributed by atoms with Gasteiger partial charge >= 0.3 is 0 Å². The topological polar surface area (TPSA) is 32.3 Å². The van der Waals surface area contributed by atoms with Gasteiger partial charge in [0.05, 0.1) is 12.0 Å². The van der Waals surface area contributed by atoms with Crippen molar-refractivity contribution in [3.8, 4) is 0 Å². The van der Waals surface area contributed by atoms with Crippen LogP contribution in [0.1, 0.15) is 0 Å². The summed E-state index contributed by atoms with van der Waals surface area (Å²) in [5.74, 6) is 0.334. The lowest BCUT2D eigenvalue weighted by Crippen LogP contribution is -2.46.